The second kappa shape index (κ2) is 8.57. The molecule has 2 aromatic rings. The number of hydrogen-bond acceptors (Lipinski definition) is 1. The summed E-state index contributed by atoms with van der Waals surface area (Å²) in [6, 6.07) is 12.4. The van der Waals surface area contributed by atoms with E-state index in [1.807, 2.05) is 64.5 Å². The van der Waals surface area contributed by atoms with Gasteiger partial charge in [0, 0.05) is 7.05 Å². The molecule has 0 spiro atoms. The average Bonchev–Trinajstić information content (AvgIpc) is 2.74. The number of nitrogens with zero attached hydrogens (tertiary/aromatic N) is 2. The van der Waals surface area contributed by atoms with E-state index in [9.17, 15) is 0 Å². The molecule has 0 aliphatic heterocycles. The van der Waals surface area contributed by atoms with Gasteiger partial charge in [-0.3, -0.25) is 4.68 Å². The van der Waals surface area contributed by atoms with E-state index in [4.69, 9.17) is 0 Å². The predicted octanol–water partition coefficient (Wildman–Crippen LogP) is 4.45. The molecule has 94 valence electrons. The van der Waals surface area contributed by atoms with Crippen LogP contribution in [0, 0.1) is 6.92 Å². The maximum atomic E-state index is 4.30. The third-order valence-electron chi connectivity index (χ3n) is 2.07. The Balaban J connectivity index is 0.000000581. The van der Waals surface area contributed by atoms with Crippen LogP contribution in [0.3, 0.4) is 0 Å². The lowest BCUT2D eigenvalue weighted by atomic mass is 10.1. The van der Waals surface area contributed by atoms with E-state index >= 15 is 0 Å². The fourth-order valence-corrected chi connectivity index (χ4v) is 1.49. The van der Waals surface area contributed by atoms with Gasteiger partial charge in [0.2, 0.25) is 0 Å². The first kappa shape index (κ1) is 15.4. The second-order valence-electron chi connectivity index (χ2n) is 3.16. The van der Waals surface area contributed by atoms with Crippen LogP contribution in [0.1, 0.15) is 33.4 Å². The predicted molar refractivity (Wildman–Crippen MR) is 76.1 cm³/mol. The quantitative estimate of drug-likeness (QED) is 0.710. The Labute approximate surface area is 105 Å². The van der Waals surface area contributed by atoms with E-state index < -0.39 is 0 Å². The summed E-state index contributed by atoms with van der Waals surface area (Å²) in [5.41, 5.74) is 3.44. The van der Waals surface area contributed by atoms with Crippen LogP contribution in [0.15, 0.2) is 36.4 Å². The molecule has 1 aromatic heterocycles. The summed E-state index contributed by atoms with van der Waals surface area (Å²) < 4.78 is 1.91. The minimum Gasteiger partial charge on any atom is -0.268 e. The van der Waals surface area contributed by atoms with E-state index in [2.05, 4.69) is 23.3 Å². The van der Waals surface area contributed by atoms with Gasteiger partial charge in [0.15, 0.2) is 0 Å². The molecule has 0 unspecified atom stereocenters. The highest BCUT2D eigenvalue weighted by Gasteiger charge is 2.02. The topological polar surface area (TPSA) is 17.8 Å². The first-order valence-corrected chi connectivity index (χ1v) is 6.33. The molecule has 0 atom stereocenters. The summed E-state index contributed by atoms with van der Waals surface area (Å²) in [4.78, 5) is 0. The Bertz CT molecular complexity index is 402. The Kier molecular flexibility index (Phi) is 7.78. The number of benzene rings is 1. The van der Waals surface area contributed by atoms with E-state index in [1.54, 1.807) is 0 Å². The van der Waals surface area contributed by atoms with Gasteiger partial charge in [-0.15, -0.1) is 0 Å². The number of rotatable bonds is 1. The summed E-state index contributed by atoms with van der Waals surface area (Å²) in [5.74, 6) is 0. The molecular weight excluding hydrogens is 208 g/mol. The van der Waals surface area contributed by atoms with Gasteiger partial charge >= 0.3 is 0 Å². The van der Waals surface area contributed by atoms with Crippen molar-refractivity contribution in [1.29, 1.82) is 0 Å². The van der Waals surface area contributed by atoms with Crippen LogP contribution < -0.4 is 0 Å². The molecule has 0 aliphatic carbocycles. The van der Waals surface area contributed by atoms with Crippen LogP contribution in [0.25, 0.3) is 11.3 Å². The molecule has 1 aromatic carbocycles. The van der Waals surface area contributed by atoms with Gasteiger partial charge in [0.1, 0.15) is 0 Å². The van der Waals surface area contributed by atoms with Crippen molar-refractivity contribution in [2.75, 3.05) is 0 Å². The Morgan fingerprint density at radius 3 is 1.88 bits per heavy atom. The van der Waals surface area contributed by atoms with Crippen molar-refractivity contribution < 1.29 is 0 Å². The molecule has 0 aliphatic rings. The zero-order valence-corrected chi connectivity index (χ0v) is 11.9. The van der Waals surface area contributed by atoms with Crippen LogP contribution in [-0.2, 0) is 7.05 Å². The molecule has 17 heavy (non-hydrogen) atoms. The third-order valence-corrected chi connectivity index (χ3v) is 2.07. The summed E-state index contributed by atoms with van der Waals surface area (Å²) in [7, 11) is 1.97. The highest BCUT2D eigenvalue weighted by atomic mass is 15.3. The maximum Gasteiger partial charge on any atom is 0.0681 e. The Morgan fingerprint density at radius 2 is 1.47 bits per heavy atom. The maximum absolute atomic E-state index is 4.30. The minimum absolute atomic E-state index is 1.06. The fraction of sp³-hybridized carbons (Fsp3) is 0.400. The van der Waals surface area contributed by atoms with Gasteiger partial charge in [-0.1, -0.05) is 58.0 Å². The molecule has 0 N–H and O–H groups in total. The molecule has 0 amide bonds. The zero-order chi connectivity index (χ0) is 13.3. The van der Waals surface area contributed by atoms with Gasteiger partial charge in [-0.25, -0.2) is 0 Å². The van der Waals surface area contributed by atoms with Crippen LogP contribution in [0.2, 0.25) is 0 Å². The van der Waals surface area contributed by atoms with Crippen molar-refractivity contribution in [3.63, 3.8) is 0 Å². The van der Waals surface area contributed by atoms with E-state index in [-0.39, 0.29) is 0 Å². The van der Waals surface area contributed by atoms with Crippen LogP contribution in [0.5, 0.6) is 0 Å². The first-order valence-electron chi connectivity index (χ1n) is 6.33. The molecule has 0 saturated heterocycles. The first-order chi connectivity index (χ1) is 8.27. The van der Waals surface area contributed by atoms with Crippen molar-refractivity contribution in [3.05, 3.63) is 42.1 Å². The van der Waals surface area contributed by atoms with Crippen LogP contribution in [0.4, 0.5) is 0 Å². The standard InChI is InChI=1S/C11H12N2.2C2H6/c1-9-8-11(13(2)12-9)10-6-4-3-5-7-10;2*1-2/h3-8H,1-2H3;2*1-2H3. The molecule has 2 nitrogen and oxygen atoms in total. The van der Waals surface area contributed by atoms with E-state index in [0.29, 0.717) is 0 Å². The van der Waals surface area contributed by atoms with Crippen LogP contribution in [-0.4, -0.2) is 9.78 Å². The Morgan fingerprint density at radius 1 is 0.941 bits per heavy atom. The van der Waals surface area contributed by atoms with Gasteiger partial charge in [-0.2, -0.15) is 5.10 Å². The second-order valence-corrected chi connectivity index (χ2v) is 3.16. The summed E-state index contributed by atoms with van der Waals surface area (Å²) in [5, 5.41) is 4.30. The van der Waals surface area contributed by atoms with Crippen LogP contribution >= 0.6 is 0 Å². The minimum atomic E-state index is 1.06. The number of hydrogen-bond donors (Lipinski definition) is 0. The molecule has 0 saturated carbocycles. The van der Waals surface area contributed by atoms with Crippen molar-refractivity contribution in [1.82, 2.24) is 9.78 Å². The highest BCUT2D eigenvalue weighted by molar-refractivity contribution is 5.59. The van der Waals surface area contributed by atoms with E-state index in [0.717, 1.165) is 11.4 Å². The molecule has 2 heteroatoms. The lowest BCUT2D eigenvalue weighted by molar-refractivity contribution is 0.764. The Hall–Kier alpha value is -1.57. The largest absolute Gasteiger partial charge is 0.268 e. The lowest BCUT2D eigenvalue weighted by Crippen LogP contribution is -1.93. The number of aromatic nitrogens is 2. The fourth-order valence-electron chi connectivity index (χ4n) is 1.49. The van der Waals surface area contributed by atoms with Gasteiger partial charge in [-0.05, 0) is 18.6 Å². The molecule has 0 fully saturated rings. The van der Waals surface area contributed by atoms with Crippen molar-refractivity contribution in [2.45, 2.75) is 34.6 Å². The SMILES string of the molecule is CC.CC.Cc1cc(-c2ccccc2)n(C)n1. The summed E-state index contributed by atoms with van der Waals surface area (Å²) in [6.07, 6.45) is 0. The third kappa shape index (κ3) is 4.43. The molecular formula is C15H24N2. The average molecular weight is 232 g/mol. The zero-order valence-electron chi connectivity index (χ0n) is 11.9. The van der Waals surface area contributed by atoms with Gasteiger partial charge in [0.25, 0.3) is 0 Å². The molecule has 0 radical (unpaired) electrons. The molecule has 0 bridgehead atoms. The van der Waals surface area contributed by atoms with Gasteiger partial charge in [0.05, 0.1) is 11.4 Å². The van der Waals surface area contributed by atoms with Crippen molar-refractivity contribution >= 4 is 0 Å². The number of aryl methyl sites for hydroxylation is 2. The van der Waals surface area contributed by atoms with Crippen molar-refractivity contribution in [2.24, 2.45) is 7.05 Å². The summed E-state index contributed by atoms with van der Waals surface area (Å²) >= 11 is 0. The molecule has 2 rings (SSSR count). The lowest BCUT2D eigenvalue weighted by Gasteiger charge is -1.99. The summed E-state index contributed by atoms with van der Waals surface area (Å²) in [6.45, 7) is 10.0. The van der Waals surface area contributed by atoms with E-state index in [1.165, 1.54) is 5.56 Å². The van der Waals surface area contributed by atoms with Gasteiger partial charge < -0.3 is 0 Å². The molecule has 1 heterocycles. The smallest absolute Gasteiger partial charge is 0.0681 e. The van der Waals surface area contributed by atoms with Crippen molar-refractivity contribution in [3.8, 4) is 11.3 Å². The highest BCUT2D eigenvalue weighted by Crippen LogP contribution is 2.18. The monoisotopic (exact) mass is 232 g/mol. The normalized spacial score (nSPS) is 8.59.